The van der Waals surface area contributed by atoms with Crippen LogP contribution < -0.4 is 4.74 Å². The third-order valence-corrected chi connectivity index (χ3v) is 6.72. The Morgan fingerprint density at radius 1 is 1.19 bits per heavy atom. The molecule has 166 valence electrons. The number of hydrogen-bond acceptors (Lipinski definition) is 4. The van der Waals surface area contributed by atoms with Crippen LogP contribution in [0.4, 0.5) is 4.39 Å². The van der Waals surface area contributed by atoms with Gasteiger partial charge in [0, 0.05) is 11.1 Å². The van der Waals surface area contributed by atoms with Crippen molar-refractivity contribution in [3.05, 3.63) is 70.4 Å². The van der Waals surface area contributed by atoms with Gasteiger partial charge >= 0.3 is 5.97 Å². The zero-order valence-electron chi connectivity index (χ0n) is 18.2. The van der Waals surface area contributed by atoms with Crippen LogP contribution in [0.2, 0.25) is 0 Å². The highest BCUT2D eigenvalue weighted by molar-refractivity contribution is 5.69. The Kier molecular flexibility index (Phi) is 5.24. The SMILES string of the molecule is Cc1noc(C)c1-c1ccc(C2CCc3ccc([C@@H](CC(=O)O)C4CC4)cc3O2)c(F)c1. The number of carboxylic acids is 1. The molecular weight excluding hydrogens is 409 g/mol. The molecule has 32 heavy (non-hydrogen) atoms. The summed E-state index contributed by atoms with van der Waals surface area (Å²) in [6.07, 6.45) is 3.37. The summed E-state index contributed by atoms with van der Waals surface area (Å²) in [5.74, 6) is 0.749. The molecule has 1 aromatic heterocycles. The first kappa shape index (κ1) is 20.7. The maximum atomic E-state index is 15.1. The van der Waals surface area contributed by atoms with Crippen molar-refractivity contribution in [1.29, 1.82) is 0 Å². The van der Waals surface area contributed by atoms with Crippen LogP contribution in [0, 0.1) is 25.6 Å². The lowest BCUT2D eigenvalue weighted by Crippen LogP contribution is -2.17. The summed E-state index contributed by atoms with van der Waals surface area (Å²) in [6.45, 7) is 3.66. The largest absolute Gasteiger partial charge is 0.485 e. The van der Waals surface area contributed by atoms with Gasteiger partial charge in [-0.05, 0) is 80.2 Å². The third kappa shape index (κ3) is 3.90. The van der Waals surface area contributed by atoms with Gasteiger partial charge in [-0.15, -0.1) is 0 Å². The lowest BCUT2D eigenvalue weighted by Gasteiger charge is -2.28. The summed E-state index contributed by atoms with van der Waals surface area (Å²) >= 11 is 0. The van der Waals surface area contributed by atoms with Gasteiger partial charge in [0.25, 0.3) is 0 Å². The van der Waals surface area contributed by atoms with Gasteiger partial charge in [0.2, 0.25) is 0 Å². The Bertz CT molecular complexity index is 1160. The Hall–Kier alpha value is -3.15. The highest BCUT2D eigenvalue weighted by Crippen LogP contribution is 2.46. The zero-order valence-corrected chi connectivity index (χ0v) is 18.2. The van der Waals surface area contributed by atoms with Crippen LogP contribution in [-0.2, 0) is 11.2 Å². The van der Waals surface area contributed by atoms with Crippen molar-refractivity contribution in [3.63, 3.8) is 0 Å². The third-order valence-electron chi connectivity index (χ3n) is 6.72. The normalized spacial score (nSPS) is 18.7. The maximum absolute atomic E-state index is 15.1. The van der Waals surface area contributed by atoms with Crippen LogP contribution in [0.3, 0.4) is 0 Å². The predicted octanol–water partition coefficient (Wildman–Crippen LogP) is 6.13. The van der Waals surface area contributed by atoms with E-state index in [0.29, 0.717) is 23.7 Å². The van der Waals surface area contributed by atoms with Gasteiger partial charge < -0.3 is 14.4 Å². The number of rotatable bonds is 6. The van der Waals surface area contributed by atoms with Gasteiger partial charge in [-0.3, -0.25) is 4.79 Å². The van der Waals surface area contributed by atoms with E-state index >= 15 is 4.39 Å². The van der Waals surface area contributed by atoms with Crippen LogP contribution in [0.1, 0.15) is 65.8 Å². The summed E-state index contributed by atoms with van der Waals surface area (Å²) in [6, 6.07) is 11.2. The van der Waals surface area contributed by atoms with Crippen LogP contribution in [0.5, 0.6) is 5.75 Å². The van der Waals surface area contributed by atoms with E-state index in [0.717, 1.165) is 53.0 Å². The minimum atomic E-state index is -0.779. The van der Waals surface area contributed by atoms with Crippen molar-refractivity contribution in [2.24, 2.45) is 5.92 Å². The minimum absolute atomic E-state index is 0.00726. The van der Waals surface area contributed by atoms with E-state index < -0.39 is 5.97 Å². The zero-order chi connectivity index (χ0) is 22.4. The number of aliphatic carboxylic acids is 1. The van der Waals surface area contributed by atoms with Crippen molar-refractivity contribution in [1.82, 2.24) is 5.16 Å². The summed E-state index contributed by atoms with van der Waals surface area (Å²) in [5, 5.41) is 13.3. The molecule has 5 rings (SSSR count). The molecule has 2 aromatic carbocycles. The van der Waals surface area contributed by atoms with E-state index in [1.54, 1.807) is 6.07 Å². The molecule has 0 amide bonds. The van der Waals surface area contributed by atoms with E-state index in [4.69, 9.17) is 9.26 Å². The molecule has 1 N–H and O–H groups in total. The van der Waals surface area contributed by atoms with Crippen LogP contribution >= 0.6 is 0 Å². The molecule has 0 radical (unpaired) electrons. The Morgan fingerprint density at radius 2 is 2.00 bits per heavy atom. The summed E-state index contributed by atoms with van der Waals surface area (Å²) in [4.78, 5) is 11.4. The second-order valence-corrected chi connectivity index (χ2v) is 8.99. The molecule has 2 heterocycles. The number of benzene rings is 2. The van der Waals surface area contributed by atoms with E-state index in [2.05, 4.69) is 5.16 Å². The topological polar surface area (TPSA) is 72.6 Å². The molecule has 1 aliphatic heterocycles. The Morgan fingerprint density at radius 3 is 2.66 bits per heavy atom. The second kappa shape index (κ2) is 8.08. The van der Waals surface area contributed by atoms with E-state index in [1.807, 2.05) is 38.1 Å². The first-order chi connectivity index (χ1) is 15.4. The lowest BCUT2D eigenvalue weighted by atomic mass is 9.88. The molecule has 2 atom stereocenters. The van der Waals surface area contributed by atoms with Crippen molar-refractivity contribution in [2.45, 2.75) is 58.0 Å². The van der Waals surface area contributed by atoms with Gasteiger partial charge in [-0.1, -0.05) is 29.4 Å². The van der Waals surface area contributed by atoms with Crippen LogP contribution in [0.25, 0.3) is 11.1 Å². The van der Waals surface area contributed by atoms with Crippen molar-refractivity contribution < 1.29 is 23.6 Å². The monoisotopic (exact) mass is 435 g/mol. The van der Waals surface area contributed by atoms with Crippen molar-refractivity contribution in [2.75, 3.05) is 0 Å². The summed E-state index contributed by atoms with van der Waals surface area (Å²) < 4.78 is 26.6. The van der Waals surface area contributed by atoms with Gasteiger partial charge in [0.1, 0.15) is 23.4 Å². The quantitative estimate of drug-likeness (QED) is 0.504. The number of aryl methyl sites for hydroxylation is 3. The van der Waals surface area contributed by atoms with E-state index in [1.165, 1.54) is 6.07 Å². The van der Waals surface area contributed by atoms with Gasteiger partial charge in [0.15, 0.2) is 0 Å². The number of nitrogens with zero attached hydrogens (tertiary/aromatic N) is 1. The number of carbonyl (C=O) groups is 1. The molecule has 6 heteroatoms. The number of ether oxygens (including phenoxy) is 1. The molecule has 1 fully saturated rings. The molecule has 1 unspecified atom stereocenters. The van der Waals surface area contributed by atoms with Crippen LogP contribution in [0.15, 0.2) is 40.9 Å². The molecular formula is C26H26FNO4. The van der Waals surface area contributed by atoms with Crippen molar-refractivity contribution in [3.8, 4) is 16.9 Å². The van der Waals surface area contributed by atoms with E-state index in [-0.39, 0.29) is 24.3 Å². The number of hydrogen-bond donors (Lipinski definition) is 1. The molecule has 2 aliphatic rings. The first-order valence-electron chi connectivity index (χ1n) is 11.1. The summed E-state index contributed by atoms with van der Waals surface area (Å²) in [7, 11) is 0. The Labute approximate surface area is 186 Å². The average molecular weight is 435 g/mol. The fourth-order valence-electron chi connectivity index (χ4n) is 4.92. The van der Waals surface area contributed by atoms with Gasteiger partial charge in [-0.2, -0.15) is 0 Å². The second-order valence-electron chi connectivity index (χ2n) is 8.99. The summed E-state index contributed by atoms with van der Waals surface area (Å²) in [5.41, 5.74) is 4.91. The Balaban J connectivity index is 1.41. The first-order valence-corrected chi connectivity index (χ1v) is 11.1. The van der Waals surface area contributed by atoms with E-state index in [9.17, 15) is 9.90 Å². The molecule has 1 saturated carbocycles. The number of fused-ring (bicyclic) bond motifs is 1. The van der Waals surface area contributed by atoms with Crippen LogP contribution in [-0.4, -0.2) is 16.2 Å². The van der Waals surface area contributed by atoms with Gasteiger partial charge in [-0.25, -0.2) is 4.39 Å². The molecule has 0 spiro atoms. The number of carboxylic acid groups (broad SMARTS) is 1. The fraction of sp³-hybridized carbons (Fsp3) is 0.385. The van der Waals surface area contributed by atoms with Gasteiger partial charge in [0.05, 0.1) is 12.1 Å². The van der Waals surface area contributed by atoms with Crippen molar-refractivity contribution >= 4 is 5.97 Å². The lowest BCUT2D eigenvalue weighted by molar-refractivity contribution is -0.137. The predicted molar refractivity (Wildman–Crippen MR) is 117 cm³/mol. The smallest absolute Gasteiger partial charge is 0.303 e. The molecule has 3 aromatic rings. The fourth-order valence-corrected chi connectivity index (χ4v) is 4.92. The molecule has 1 aliphatic carbocycles. The maximum Gasteiger partial charge on any atom is 0.303 e. The molecule has 5 nitrogen and oxygen atoms in total. The molecule has 0 saturated heterocycles. The molecule has 0 bridgehead atoms. The highest BCUT2D eigenvalue weighted by Gasteiger charge is 2.34. The average Bonchev–Trinajstić information content (AvgIpc) is 3.55. The minimum Gasteiger partial charge on any atom is -0.485 e. The standard InChI is InChI=1S/C26H26FNO4/c1-14-26(15(2)32-28-14)19-7-9-20(22(27)11-19)23-10-8-17-5-6-18(12-24(17)31-23)21(13-25(29)30)16-3-4-16/h5-7,9,11-12,16,21,23H,3-4,8,10,13H2,1-2H3,(H,29,30)/t21-,23?/m0/s1. The number of halogens is 1. The number of aromatic nitrogens is 1. The highest BCUT2D eigenvalue weighted by atomic mass is 19.1.